The van der Waals surface area contributed by atoms with Crippen molar-refractivity contribution >= 4 is 15.9 Å². The molecule has 2 rings (SSSR count). The molecule has 1 amide bonds. The predicted octanol–water partition coefficient (Wildman–Crippen LogP) is 1.59. The Bertz CT molecular complexity index is 575. The van der Waals surface area contributed by atoms with Gasteiger partial charge >= 0.3 is 0 Å². The summed E-state index contributed by atoms with van der Waals surface area (Å²) in [7, 11) is -3.62. The number of sulfonamides is 1. The number of aryl methyl sites for hydroxylation is 1. The third kappa shape index (κ3) is 4.54. The zero-order valence-corrected chi connectivity index (χ0v) is 13.1. The van der Waals surface area contributed by atoms with Gasteiger partial charge in [-0.3, -0.25) is 4.79 Å². The molecule has 116 valence electrons. The maximum absolute atomic E-state index is 12.1. The lowest BCUT2D eigenvalue weighted by Crippen LogP contribution is -2.40. The summed E-state index contributed by atoms with van der Waals surface area (Å²) in [5.41, 5.74) is 1.08. The lowest BCUT2D eigenvalue weighted by atomic mass is 10.2. The molecule has 0 unspecified atom stereocenters. The Morgan fingerprint density at radius 2 is 1.81 bits per heavy atom. The smallest absolute Gasteiger partial charge is 0.241 e. The molecule has 2 N–H and O–H groups in total. The van der Waals surface area contributed by atoms with E-state index >= 15 is 0 Å². The summed E-state index contributed by atoms with van der Waals surface area (Å²) < 4.78 is 26.5. The van der Waals surface area contributed by atoms with Crippen LogP contribution in [0.5, 0.6) is 0 Å². The van der Waals surface area contributed by atoms with Crippen LogP contribution in [0.25, 0.3) is 0 Å². The van der Waals surface area contributed by atoms with Gasteiger partial charge in [-0.15, -0.1) is 0 Å². The molecule has 1 aliphatic carbocycles. The first-order valence-corrected chi connectivity index (χ1v) is 8.87. The highest BCUT2D eigenvalue weighted by Crippen LogP contribution is 2.17. The van der Waals surface area contributed by atoms with E-state index in [-0.39, 0.29) is 23.4 Å². The van der Waals surface area contributed by atoms with Crippen LogP contribution >= 0.6 is 0 Å². The summed E-state index contributed by atoms with van der Waals surface area (Å²) in [5, 5.41) is 2.86. The first-order chi connectivity index (χ1) is 10.0. The molecule has 1 aromatic carbocycles. The van der Waals surface area contributed by atoms with Gasteiger partial charge in [0.05, 0.1) is 11.4 Å². The molecule has 1 saturated carbocycles. The van der Waals surface area contributed by atoms with Crippen molar-refractivity contribution in [1.29, 1.82) is 0 Å². The minimum absolute atomic E-state index is 0.188. The van der Waals surface area contributed by atoms with E-state index in [4.69, 9.17) is 0 Å². The molecule has 21 heavy (non-hydrogen) atoms. The Labute approximate surface area is 126 Å². The van der Waals surface area contributed by atoms with Gasteiger partial charge < -0.3 is 5.32 Å². The largest absolute Gasteiger partial charge is 0.352 e. The number of hydrogen-bond donors (Lipinski definition) is 2. The molecule has 0 bridgehead atoms. The number of benzene rings is 1. The number of rotatable bonds is 6. The SMILES string of the molecule is CCc1ccc(S(=O)(=O)NCC(=O)NC2CCCC2)cc1. The Balaban J connectivity index is 1.89. The van der Waals surface area contributed by atoms with Gasteiger partial charge in [-0.25, -0.2) is 13.1 Å². The van der Waals surface area contributed by atoms with Gasteiger partial charge in [-0.1, -0.05) is 31.9 Å². The second kappa shape index (κ2) is 7.04. The fourth-order valence-corrected chi connectivity index (χ4v) is 3.48. The van der Waals surface area contributed by atoms with Crippen molar-refractivity contribution in [3.8, 4) is 0 Å². The van der Waals surface area contributed by atoms with Gasteiger partial charge in [0, 0.05) is 6.04 Å². The van der Waals surface area contributed by atoms with Crippen molar-refractivity contribution in [2.24, 2.45) is 0 Å². The first kappa shape index (κ1) is 16.0. The summed E-state index contributed by atoms with van der Waals surface area (Å²) in [6, 6.07) is 6.90. The minimum Gasteiger partial charge on any atom is -0.352 e. The summed E-state index contributed by atoms with van der Waals surface area (Å²) in [6.45, 7) is 1.80. The maximum Gasteiger partial charge on any atom is 0.241 e. The van der Waals surface area contributed by atoms with Gasteiger partial charge in [0.15, 0.2) is 0 Å². The lowest BCUT2D eigenvalue weighted by Gasteiger charge is -2.12. The molecule has 0 aliphatic heterocycles. The van der Waals surface area contributed by atoms with Crippen LogP contribution < -0.4 is 10.0 Å². The van der Waals surface area contributed by atoms with Crippen molar-refractivity contribution in [2.75, 3.05) is 6.54 Å². The summed E-state index contributed by atoms with van der Waals surface area (Å²) in [5.74, 6) is -0.268. The van der Waals surface area contributed by atoms with Crippen molar-refractivity contribution in [3.05, 3.63) is 29.8 Å². The third-order valence-corrected chi connectivity index (χ3v) is 5.20. The second-order valence-corrected chi connectivity index (χ2v) is 7.14. The Kier molecular flexibility index (Phi) is 5.36. The third-order valence-electron chi connectivity index (χ3n) is 3.78. The first-order valence-electron chi connectivity index (χ1n) is 7.39. The van der Waals surface area contributed by atoms with Crippen LogP contribution in [-0.2, 0) is 21.2 Å². The van der Waals surface area contributed by atoms with Crippen molar-refractivity contribution in [3.63, 3.8) is 0 Å². The maximum atomic E-state index is 12.1. The molecule has 0 saturated heterocycles. The molecule has 6 heteroatoms. The number of carbonyl (C=O) groups is 1. The molecule has 0 atom stereocenters. The normalized spacial score (nSPS) is 16.0. The van der Waals surface area contributed by atoms with Crippen LogP contribution in [-0.4, -0.2) is 26.9 Å². The summed E-state index contributed by atoms with van der Waals surface area (Å²) in [4.78, 5) is 11.9. The number of carbonyl (C=O) groups excluding carboxylic acids is 1. The standard InChI is InChI=1S/C15H22N2O3S/c1-2-12-7-9-14(10-8-12)21(19,20)16-11-15(18)17-13-5-3-4-6-13/h7-10,13,16H,2-6,11H2,1H3,(H,17,18). The monoisotopic (exact) mass is 310 g/mol. The van der Waals surface area contributed by atoms with Crippen LogP contribution in [0, 0.1) is 0 Å². The van der Waals surface area contributed by atoms with E-state index in [1.807, 2.05) is 6.92 Å². The number of hydrogen-bond acceptors (Lipinski definition) is 3. The molecular weight excluding hydrogens is 288 g/mol. The quantitative estimate of drug-likeness (QED) is 0.838. The molecule has 5 nitrogen and oxygen atoms in total. The van der Waals surface area contributed by atoms with E-state index in [1.165, 1.54) is 0 Å². The van der Waals surface area contributed by atoms with E-state index in [1.54, 1.807) is 24.3 Å². The van der Waals surface area contributed by atoms with Crippen LogP contribution in [0.15, 0.2) is 29.2 Å². The molecule has 1 aromatic rings. The molecular formula is C15H22N2O3S. The fourth-order valence-electron chi connectivity index (χ4n) is 2.50. The van der Waals surface area contributed by atoms with Crippen molar-refractivity contribution in [1.82, 2.24) is 10.0 Å². The minimum atomic E-state index is -3.62. The second-order valence-electron chi connectivity index (χ2n) is 5.37. The highest BCUT2D eigenvalue weighted by molar-refractivity contribution is 7.89. The average molecular weight is 310 g/mol. The van der Waals surface area contributed by atoms with Crippen LogP contribution in [0.1, 0.15) is 38.2 Å². The number of amides is 1. The lowest BCUT2D eigenvalue weighted by molar-refractivity contribution is -0.120. The van der Waals surface area contributed by atoms with Gasteiger partial charge in [-0.05, 0) is 37.0 Å². The van der Waals surface area contributed by atoms with Gasteiger partial charge in [0.25, 0.3) is 0 Å². The van der Waals surface area contributed by atoms with Crippen LogP contribution in [0.3, 0.4) is 0 Å². The zero-order valence-electron chi connectivity index (χ0n) is 12.3. The number of nitrogens with one attached hydrogen (secondary N) is 2. The molecule has 1 aliphatic rings. The Hall–Kier alpha value is -1.40. The van der Waals surface area contributed by atoms with Crippen LogP contribution in [0.2, 0.25) is 0 Å². The van der Waals surface area contributed by atoms with E-state index < -0.39 is 10.0 Å². The highest BCUT2D eigenvalue weighted by atomic mass is 32.2. The van der Waals surface area contributed by atoms with E-state index in [9.17, 15) is 13.2 Å². The topological polar surface area (TPSA) is 75.3 Å². The summed E-state index contributed by atoms with van der Waals surface area (Å²) in [6.07, 6.45) is 5.08. The van der Waals surface area contributed by atoms with Crippen LogP contribution in [0.4, 0.5) is 0 Å². The van der Waals surface area contributed by atoms with Gasteiger partial charge in [0.2, 0.25) is 15.9 Å². The van der Waals surface area contributed by atoms with E-state index in [0.717, 1.165) is 37.7 Å². The van der Waals surface area contributed by atoms with Gasteiger partial charge in [0.1, 0.15) is 0 Å². The average Bonchev–Trinajstić information content (AvgIpc) is 2.98. The van der Waals surface area contributed by atoms with E-state index in [0.29, 0.717) is 0 Å². The molecule has 0 radical (unpaired) electrons. The Morgan fingerprint density at radius 3 is 2.38 bits per heavy atom. The molecule has 0 heterocycles. The van der Waals surface area contributed by atoms with Crippen molar-refractivity contribution < 1.29 is 13.2 Å². The highest BCUT2D eigenvalue weighted by Gasteiger charge is 2.19. The fraction of sp³-hybridized carbons (Fsp3) is 0.533. The molecule has 0 aromatic heterocycles. The molecule has 1 fully saturated rings. The van der Waals surface area contributed by atoms with Gasteiger partial charge in [-0.2, -0.15) is 0 Å². The Morgan fingerprint density at radius 1 is 1.19 bits per heavy atom. The van der Waals surface area contributed by atoms with Crippen molar-refractivity contribution in [2.45, 2.75) is 50.0 Å². The predicted molar refractivity (Wildman–Crippen MR) is 81.4 cm³/mol. The zero-order chi connectivity index (χ0) is 15.3. The molecule has 0 spiro atoms. The summed E-state index contributed by atoms with van der Waals surface area (Å²) >= 11 is 0. The van der Waals surface area contributed by atoms with E-state index in [2.05, 4.69) is 10.0 Å².